The molecular weight excluding hydrogens is 467 g/mol. The van der Waals surface area contributed by atoms with Gasteiger partial charge in [0.05, 0.1) is 11.4 Å². The van der Waals surface area contributed by atoms with Gasteiger partial charge in [-0.2, -0.15) is 0 Å². The normalized spacial score (nSPS) is 22.2. The van der Waals surface area contributed by atoms with E-state index in [1.54, 1.807) is 0 Å². The van der Waals surface area contributed by atoms with E-state index < -0.39 is 5.83 Å². The Morgan fingerprint density at radius 2 is 1.66 bits per heavy atom. The maximum Gasteiger partial charge on any atom is 0.170 e. The van der Waals surface area contributed by atoms with E-state index in [1.807, 2.05) is 32.0 Å². The molecule has 0 radical (unpaired) electrons. The van der Waals surface area contributed by atoms with Crippen molar-refractivity contribution in [1.82, 2.24) is 5.32 Å². The molecule has 0 amide bonds. The molecule has 200 valence electrons. The van der Waals surface area contributed by atoms with Crippen LogP contribution in [0.3, 0.4) is 0 Å². The van der Waals surface area contributed by atoms with Crippen LogP contribution in [0, 0.1) is 0 Å². The summed E-state index contributed by atoms with van der Waals surface area (Å²) in [7, 11) is 0. The second-order valence-corrected chi connectivity index (χ2v) is 10.7. The van der Waals surface area contributed by atoms with Crippen LogP contribution in [0.1, 0.15) is 89.2 Å². The van der Waals surface area contributed by atoms with Gasteiger partial charge in [0.1, 0.15) is 0 Å². The van der Waals surface area contributed by atoms with Crippen molar-refractivity contribution in [3.05, 3.63) is 112 Å². The van der Waals surface area contributed by atoms with Crippen molar-refractivity contribution in [1.29, 1.82) is 0 Å². The minimum atomic E-state index is -0.405. The molecule has 0 saturated carbocycles. The van der Waals surface area contributed by atoms with Crippen LogP contribution in [0.4, 0.5) is 4.39 Å². The van der Waals surface area contributed by atoms with Gasteiger partial charge in [0.15, 0.2) is 5.83 Å². The second kappa shape index (κ2) is 12.5. The molecule has 38 heavy (non-hydrogen) atoms. The smallest absolute Gasteiger partial charge is 0.170 e. The number of hydrogen-bond donors (Lipinski definition) is 2. The average Bonchev–Trinajstić information content (AvgIpc) is 2.92. The van der Waals surface area contributed by atoms with Gasteiger partial charge < -0.3 is 11.1 Å². The first-order valence-corrected chi connectivity index (χ1v) is 14.3. The van der Waals surface area contributed by atoms with Crippen LogP contribution in [0.5, 0.6) is 0 Å². The zero-order valence-corrected chi connectivity index (χ0v) is 23.4. The minimum absolute atomic E-state index is 0.0709. The van der Waals surface area contributed by atoms with Gasteiger partial charge in [0, 0.05) is 23.6 Å². The standard InChI is InChI=1S/C35H43FN2/c1-6-8-9-10-11-12-13-16-19-38-35-32-24(5)28(23(3)4)22-30(27(32)7-2)29-20-25-17-14-15-18-26(25)21-31(29)34(37)33(35)36/h7,14-15,17-18,20-22,30,38H,3,5-6,8-13,16,19,37H2,1-2,4H3/b27-7+,34-33-,35-32+. The van der Waals surface area contributed by atoms with Gasteiger partial charge in [0.25, 0.3) is 0 Å². The Balaban J connectivity index is 1.74. The highest BCUT2D eigenvalue weighted by molar-refractivity contribution is 5.90. The number of halogens is 1. The molecule has 0 heterocycles. The van der Waals surface area contributed by atoms with Gasteiger partial charge in [-0.05, 0) is 65.5 Å². The maximum absolute atomic E-state index is 16.4. The fraction of sp³-hybridized carbons (Fsp3) is 0.371. The SMILES string of the molecule is C=C(C)C1=CC2C(=C\C)/C(=C(NCCCCCCCCCC)\C(F)=C(\N)c3cc4ccccc4cc32)C1=C. The molecule has 3 heteroatoms. The lowest BCUT2D eigenvalue weighted by atomic mass is 9.71. The molecular formula is C35H43FN2. The average molecular weight is 511 g/mol. The molecule has 1 atom stereocenters. The number of unbranched alkanes of at least 4 members (excludes halogenated alkanes) is 7. The van der Waals surface area contributed by atoms with Crippen molar-refractivity contribution in [2.75, 3.05) is 6.54 Å². The number of rotatable bonds is 11. The van der Waals surface area contributed by atoms with Crippen molar-refractivity contribution < 1.29 is 4.39 Å². The van der Waals surface area contributed by atoms with Crippen molar-refractivity contribution in [2.45, 2.75) is 78.1 Å². The molecule has 0 aliphatic heterocycles. The summed E-state index contributed by atoms with van der Waals surface area (Å²) in [5.41, 5.74) is 13.6. The third kappa shape index (κ3) is 5.57. The first-order chi connectivity index (χ1) is 18.4. The zero-order chi connectivity index (χ0) is 27.2. The van der Waals surface area contributed by atoms with E-state index in [2.05, 4.69) is 55.7 Å². The summed E-state index contributed by atoms with van der Waals surface area (Å²) in [6, 6.07) is 12.4. The molecule has 2 aliphatic carbocycles. The number of allylic oxidation sites excluding steroid dienone is 8. The zero-order valence-electron chi connectivity index (χ0n) is 23.4. The van der Waals surface area contributed by atoms with Gasteiger partial charge in [-0.3, -0.25) is 0 Å². The molecule has 0 spiro atoms. The Labute approximate surface area is 228 Å². The predicted octanol–water partition coefficient (Wildman–Crippen LogP) is 9.54. The van der Waals surface area contributed by atoms with E-state index in [4.69, 9.17) is 5.73 Å². The van der Waals surface area contributed by atoms with Crippen LogP contribution >= 0.6 is 0 Å². The first kappa shape index (κ1) is 27.7. The molecule has 2 bridgehead atoms. The largest absolute Gasteiger partial charge is 0.396 e. The highest BCUT2D eigenvalue weighted by Gasteiger charge is 2.34. The number of fused-ring (bicyclic) bond motifs is 5. The van der Waals surface area contributed by atoms with E-state index in [0.717, 1.165) is 62.6 Å². The third-order valence-corrected chi connectivity index (χ3v) is 7.94. The number of nitrogens with two attached hydrogens (primary N) is 1. The summed E-state index contributed by atoms with van der Waals surface area (Å²) in [6.07, 6.45) is 14.2. The van der Waals surface area contributed by atoms with Crippen LogP contribution < -0.4 is 11.1 Å². The van der Waals surface area contributed by atoms with Crippen LogP contribution in [0.2, 0.25) is 0 Å². The van der Waals surface area contributed by atoms with Gasteiger partial charge in [-0.25, -0.2) is 4.39 Å². The molecule has 3 N–H and O–H groups in total. The maximum atomic E-state index is 16.4. The molecule has 2 aromatic carbocycles. The molecule has 0 saturated heterocycles. The second-order valence-electron chi connectivity index (χ2n) is 10.7. The van der Waals surface area contributed by atoms with Crippen LogP contribution in [0.25, 0.3) is 16.5 Å². The summed E-state index contributed by atoms with van der Waals surface area (Å²) in [6.45, 7) is 15.6. The lowest BCUT2D eigenvalue weighted by Crippen LogP contribution is -2.26. The summed E-state index contributed by atoms with van der Waals surface area (Å²) in [4.78, 5) is 0. The van der Waals surface area contributed by atoms with Crippen LogP contribution in [-0.4, -0.2) is 6.54 Å². The van der Waals surface area contributed by atoms with E-state index in [9.17, 15) is 0 Å². The van der Waals surface area contributed by atoms with Crippen molar-refractivity contribution in [3.8, 4) is 0 Å². The summed E-state index contributed by atoms with van der Waals surface area (Å²) in [5, 5.41) is 5.63. The fourth-order valence-electron chi connectivity index (χ4n) is 5.85. The number of nitrogens with one attached hydrogen (secondary N) is 1. The van der Waals surface area contributed by atoms with E-state index in [1.165, 1.54) is 38.5 Å². The molecule has 0 fully saturated rings. The number of benzene rings is 2. The Bertz CT molecular complexity index is 1350. The Morgan fingerprint density at radius 3 is 2.29 bits per heavy atom. The lowest BCUT2D eigenvalue weighted by molar-refractivity contribution is 0.559. The van der Waals surface area contributed by atoms with Crippen molar-refractivity contribution >= 4 is 16.5 Å². The third-order valence-electron chi connectivity index (χ3n) is 7.94. The van der Waals surface area contributed by atoms with Crippen LogP contribution in [0.15, 0.2) is 101 Å². The van der Waals surface area contributed by atoms with E-state index >= 15 is 4.39 Å². The molecule has 4 rings (SSSR count). The topological polar surface area (TPSA) is 38.0 Å². The van der Waals surface area contributed by atoms with E-state index in [-0.39, 0.29) is 11.6 Å². The first-order valence-electron chi connectivity index (χ1n) is 14.3. The fourth-order valence-corrected chi connectivity index (χ4v) is 5.85. The summed E-state index contributed by atoms with van der Waals surface area (Å²) >= 11 is 0. The molecule has 2 aliphatic rings. The Morgan fingerprint density at radius 1 is 1.03 bits per heavy atom. The quantitative estimate of drug-likeness (QED) is 0.295. The summed E-state index contributed by atoms with van der Waals surface area (Å²) < 4.78 is 16.4. The Hall–Kier alpha value is -3.33. The monoisotopic (exact) mass is 510 g/mol. The lowest BCUT2D eigenvalue weighted by Gasteiger charge is -2.34. The van der Waals surface area contributed by atoms with Gasteiger partial charge in [-0.15, -0.1) is 0 Å². The van der Waals surface area contributed by atoms with Gasteiger partial charge >= 0.3 is 0 Å². The highest BCUT2D eigenvalue weighted by atomic mass is 19.1. The molecule has 2 aromatic rings. The molecule has 0 aromatic heterocycles. The van der Waals surface area contributed by atoms with Crippen LogP contribution in [-0.2, 0) is 0 Å². The number of hydrogen-bond acceptors (Lipinski definition) is 2. The molecule has 2 nitrogen and oxygen atoms in total. The van der Waals surface area contributed by atoms with E-state index in [0.29, 0.717) is 12.2 Å². The van der Waals surface area contributed by atoms with Crippen molar-refractivity contribution in [2.24, 2.45) is 5.73 Å². The highest BCUT2D eigenvalue weighted by Crippen LogP contribution is 2.49. The summed E-state index contributed by atoms with van der Waals surface area (Å²) in [5.74, 6) is -0.476. The Kier molecular flexibility index (Phi) is 9.09. The molecule has 1 unspecified atom stereocenters. The minimum Gasteiger partial charge on any atom is -0.396 e. The predicted molar refractivity (Wildman–Crippen MR) is 162 cm³/mol. The van der Waals surface area contributed by atoms with Crippen molar-refractivity contribution in [3.63, 3.8) is 0 Å². The van der Waals surface area contributed by atoms with Gasteiger partial charge in [0.2, 0.25) is 0 Å². The van der Waals surface area contributed by atoms with Gasteiger partial charge in [-0.1, -0.05) is 107 Å².